The van der Waals surface area contributed by atoms with Crippen LogP contribution in [0.1, 0.15) is 0 Å². The zero-order valence-corrected chi connectivity index (χ0v) is 7.39. The first-order valence-corrected chi connectivity index (χ1v) is 3.52. The average Bonchev–Trinajstić information content (AvgIpc) is 1.65. The molecule has 0 aromatic rings. The molecule has 0 aliphatic rings. The summed E-state index contributed by atoms with van der Waals surface area (Å²) >= 11 is 1.69. The van der Waals surface area contributed by atoms with Gasteiger partial charge >= 0.3 is 93.4 Å². The summed E-state index contributed by atoms with van der Waals surface area (Å²) < 4.78 is 18.0. The van der Waals surface area contributed by atoms with Crippen molar-refractivity contribution in [1.29, 1.82) is 0 Å². The van der Waals surface area contributed by atoms with Crippen molar-refractivity contribution >= 4 is 40.9 Å². The maximum atomic E-state index is 9.82. The third-order valence-electron chi connectivity index (χ3n) is 0.0821. The van der Waals surface area contributed by atoms with E-state index in [2.05, 4.69) is 5.38 Å². The zero-order valence-electron chi connectivity index (χ0n) is 2.24. The monoisotopic (exact) mass is 498 g/mol. The summed E-state index contributed by atoms with van der Waals surface area (Å²) in [6.45, 7) is 0. The molecule has 7 heteroatoms. The maximum absolute atomic E-state index is 9.82. The van der Waals surface area contributed by atoms with Gasteiger partial charge in [0.25, 0.3) is 0 Å². The summed E-state index contributed by atoms with van der Waals surface area (Å²) in [6.07, 6.45) is 0. The normalized spacial score (nSPS) is 8.71. The summed E-state index contributed by atoms with van der Waals surface area (Å²) in [5, 5.41) is 0. The summed E-state index contributed by atoms with van der Waals surface area (Å²) in [7, 11) is 0. The number of hydrogen-bond donors (Lipinski definition) is 0. The van der Waals surface area contributed by atoms with Crippen molar-refractivity contribution in [2.75, 3.05) is 0 Å². The van der Waals surface area contributed by atoms with Gasteiger partial charge in [-0.25, -0.2) is 0 Å². The molecule has 0 N–H and O–H groups in total. The Morgan fingerprint density at radius 2 is 1.57 bits per heavy atom. The van der Waals surface area contributed by atoms with Gasteiger partial charge in [-0.1, -0.05) is 0 Å². The van der Waals surface area contributed by atoms with Gasteiger partial charge in [0.05, 0.1) is 0 Å². The van der Waals surface area contributed by atoms with E-state index in [0.717, 1.165) is 0 Å². The van der Waals surface area contributed by atoms with Gasteiger partial charge < -0.3 is 0 Å². The van der Waals surface area contributed by atoms with Crippen molar-refractivity contribution in [3.63, 3.8) is 0 Å². The molecule has 0 fully saturated rings. The molecule has 0 aromatic carbocycles. The first kappa shape index (κ1) is 12.2. The molecule has 0 heterocycles. The van der Waals surface area contributed by atoms with Crippen LogP contribution in [0.3, 0.4) is 0 Å². The molecule has 0 aromatic heterocycles. The second-order valence-corrected chi connectivity index (χ2v) is 3.08. The molecule has 0 bridgehead atoms. The molecule has 0 saturated heterocycles. The predicted molar refractivity (Wildman–Crippen MR) is 17.5 cm³/mol. The Hall–Kier alpha value is 2.55. The van der Waals surface area contributed by atoms with Crippen molar-refractivity contribution in [2.45, 2.75) is 0 Å². The Kier molecular flexibility index (Phi) is 15.0. The van der Waals surface area contributed by atoms with Crippen LogP contribution in [0, 0.1) is 0 Å². The second-order valence-electron chi connectivity index (χ2n) is 0.305. The Balaban J connectivity index is 0. The molecule has 0 unspecified atom stereocenters. The van der Waals surface area contributed by atoms with Crippen LogP contribution in [0.15, 0.2) is 0 Å². The first-order valence-electron chi connectivity index (χ1n) is 0.746. The summed E-state index contributed by atoms with van der Waals surface area (Å²) in [5.74, 6) is 0. The Bertz CT molecular complexity index is 50.9. The quantitative estimate of drug-likeness (QED) is 0.453. The number of hydrogen-bond acceptors (Lipinski definition) is 3. The first-order chi connectivity index (χ1) is 2.81. The summed E-state index contributed by atoms with van der Waals surface area (Å²) in [6, 6.07) is 0. The molecule has 7 heavy (non-hydrogen) atoms. The van der Waals surface area contributed by atoms with Crippen LogP contribution < -0.4 is 0 Å². The predicted octanol–water partition coefficient (Wildman–Crippen LogP) is -1.13. The van der Waals surface area contributed by atoms with E-state index in [1.807, 2.05) is 0 Å². The molecule has 0 rings (SSSR count). The Morgan fingerprint density at radius 1 is 1.29 bits per heavy atom. The molecule has 0 spiro atoms. The zero-order chi connectivity index (χ0) is 4.99. The molecule has 0 saturated carbocycles. The molecular formula is HAu2NaO3S. The van der Waals surface area contributed by atoms with Gasteiger partial charge in [-0.05, 0) is 0 Å². The molecule has 0 aliphatic carbocycles. The fourth-order valence-corrected chi connectivity index (χ4v) is 1.24. The SMILES string of the molecule is O=S([O][Au])[O][Au].[NaH]. The van der Waals surface area contributed by atoms with Crippen molar-refractivity contribution in [3.05, 3.63) is 0 Å². The van der Waals surface area contributed by atoms with Gasteiger partial charge in [0.2, 0.25) is 0 Å². The van der Waals surface area contributed by atoms with Crippen molar-refractivity contribution in [1.82, 2.24) is 0 Å². The minimum atomic E-state index is -1.58. The molecular weight excluding hydrogens is 497 g/mol. The van der Waals surface area contributed by atoms with Gasteiger partial charge in [0.15, 0.2) is 0 Å². The van der Waals surface area contributed by atoms with Crippen molar-refractivity contribution < 1.29 is 52.5 Å². The van der Waals surface area contributed by atoms with Gasteiger partial charge in [-0.15, -0.1) is 0 Å². The molecule has 0 amide bonds. The van der Waals surface area contributed by atoms with Gasteiger partial charge in [-0.2, -0.15) is 0 Å². The third-order valence-corrected chi connectivity index (χ3v) is 2.02. The van der Waals surface area contributed by atoms with E-state index >= 15 is 0 Å². The Labute approximate surface area is 91.9 Å². The van der Waals surface area contributed by atoms with E-state index in [1.165, 1.54) is 0 Å². The van der Waals surface area contributed by atoms with E-state index in [-0.39, 0.29) is 29.6 Å². The van der Waals surface area contributed by atoms with Crippen LogP contribution in [0.5, 0.6) is 0 Å². The van der Waals surface area contributed by atoms with E-state index in [0.29, 0.717) is 0 Å². The fourth-order valence-electron chi connectivity index (χ4n) is 0.00619. The van der Waals surface area contributed by atoms with Crippen LogP contribution in [0.25, 0.3) is 0 Å². The molecule has 48 valence electrons. The standard InChI is InChI=1S/2Au.Na.H2O3S.H/c;;;1-4(2)3;/h;;;(H2,1,2,3);/q2*+1;;;/p-2. The van der Waals surface area contributed by atoms with E-state index < -0.39 is 11.4 Å². The average molecular weight is 498 g/mol. The van der Waals surface area contributed by atoms with Crippen LogP contribution >= 0.6 is 0 Å². The summed E-state index contributed by atoms with van der Waals surface area (Å²) in [4.78, 5) is 0. The van der Waals surface area contributed by atoms with Crippen molar-refractivity contribution in [2.24, 2.45) is 0 Å². The van der Waals surface area contributed by atoms with Gasteiger partial charge in [-0.3, -0.25) is 0 Å². The number of rotatable bonds is 2. The van der Waals surface area contributed by atoms with Crippen LogP contribution in [0.2, 0.25) is 0 Å². The van der Waals surface area contributed by atoms with Crippen LogP contribution in [-0.4, -0.2) is 33.8 Å². The Morgan fingerprint density at radius 3 is 1.57 bits per heavy atom. The third kappa shape index (κ3) is 8.55. The summed E-state index contributed by atoms with van der Waals surface area (Å²) in [5.41, 5.74) is 0. The van der Waals surface area contributed by atoms with Gasteiger partial charge in [0, 0.05) is 0 Å². The topological polar surface area (TPSA) is 35.5 Å². The van der Waals surface area contributed by atoms with E-state index in [1.54, 1.807) is 42.9 Å². The van der Waals surface area contributed by atoms with Crippen LogP contribution in [0.4, 0.5) is 0 Å². The molecule has 0 radical (unpaired) electrons. The second kappa shape index (κ2) is 8.55. The fraction of sp³-hybridized carbons (Fsp3) is 0. The van der Waals surface area contributed by atoms with Crippen LogP contribution in [-0.2, 0) is 59.7 Å². The van der Waals surface area contributed by atoms with E-state index in [9.17, 15) is 4.21 Å². The van der Waals surface area contributed by atoms with Gasteiger partial charge in [0.1, 0.15) is 0 Å². The molecule has 0 aliphatic heterocycles. The van der Waals surface area contributed by atoms with Crippen molar-refractivity contribution in [3.8, 4) is 0 Å². The molecule has 0 atom stereocenters. The minimum absolute atomic E-state index is 0. The van der Waals surface area contributed by atoms with E-state index in [4.69, 9.17) is 0 Å². The molecule has 3 nitrogen and oxygen atoms in total.